The Morgan fingerprint density at radius 1 is 1.25 bits per heavy atom. The van der Waals surface area contributed by atoms with Gasteiger partial charge in [0, 0.05) is 10.2 Å². The van der Waals surface area contributed by atoms with E-state index in [0.29, 0.717) is 21.5 Å². The number of fused-ring (bicyclic) bond motifs is 1. The normalized spacial score (nSPS) is 11.2. The second kappa shape index (κ2) is 4.79. The van der Waals surface area contributed by atoms with Crippen LogP contribution in [0.2, 0.25) is 5.15 Å². The highest BCUT2D eigenvalue weighted by atomic mass is 79.9. The van der Waals surface area contributed by atoms with E-state index >= 15 is 0 Å². The summed E-state index contributed by atoms with van der Waals surface area (Å²) in [6.45, 7) is 3.71. The van der Waals surface area contributed by atoms with Crippen molar-refractivity contribution in [2.45, 2.75) is 13.8 Å². The Kier molecular flexibility index (Phi) is 3.22. The van der Waals surface area contributed by atoms with Crippen LogP contribution in [0.25, 0.3) is 17.0 Å². The molecule has 0 amide bonds. The van der Waals surface area contributed by atoms with Gasteiger partial charge in [-0.25, -0.2) is 9.37 Å². The molecule has 1 aromatic carbocycles. The highest BCUT2D eigenvalue weighted by molar-refractivity contribution is 9.10. The lowest BCUT2D eigenvalue weighted by molar-refractivity contribution is 0.628. The monoisotopic (exact) mass is 354 g/mol. The summed E-state index contributed by atoms with van der Waals surface area (Å²) in [6, 6.07) is 4.80. The maximum absolute atomic E-state index is 14.1. The highest BCUT2D eigenvalue weighted by Crippen LogP contribution is 2.27. The van der Waals surface area contributed by atoms with Crippen LogP contribution < -0.4 is 0 Å². The van der Waals surface area contributed by atoms with E-state index in [1.165, 1.54) is 6.07 Å². The number of hydrogen-bond donors (Lipinski definition) is 0. The smallest absolute Gasteiger partial charge is 0.199 e. The Labute approximate surface area is 127 Å². The molecule has 0 bridgehead atoms. The van der Waals surface area contributed by atoms with Gasteiger partial charge in [-0.1, -0.05) is 27.5 Å². The van der Waals surface area contributed by atoms with Gasteiger partial charge in [0.05, 0.1) is 11.3 Å². The van der Waals surface area contributed by atoms with Crippen molar-refractivity contribution in [2.24, 2.45) is 0 Å². The number of aromatic nitrogens is 4. The second-order valence-corrected chi connectivity index (χ2v) is 5.65. The zero-order valence-corrected chi connectivity index (χ0v) is 13.0. The summed E-state index contributed by atoms with van der Waals surface area (Å²) in [4.78, 5) is 4.19. The fourth-order valence-corrected chi connectivity index (χ4v) is 2.60. The average Bonchev–Trinajstić information content (AvgIpc) is 2.81. The quantitative estimate of drug-likeness (QED) is 0.663. The van der Waals surface area contributed by atoms with Crippen molar-refractivity contribution in [3.8, 4) is 11.4 Å². The maximum atomic E-state index is 14.1. The summed E-state index contributed by atoms with van der Waals surface area (Å²) in [5.41, 5.74) is 2.37. The number of nitrogens with zero attached hydrogens (tertiary/aromatic N) is 4. The molecule has 0 aliphatic rings. The zero-order valence-electron chi connectivity index (χ0n) is 10.7. The first-order valence-corrected chi connectivity index (χ1v) is 6.99. The summed E-state index contributed by atoms with van der Waals surface area (Å²) < 4.78 is 16.5. The Morgan fingerprint density at radius 3 is 2.70 bits per heavy atom. The number of hydrogen-bond acceptors (Lipinski definition) is 3. The van der Waals surface area contributed by atoms with Crippen molar-refractivity contribution >= 4 is 33.2 Å². The third kappa shape index (κ3) is 1.99. The van der Waals surface area contributed by atoms with Gasteiger partial charge in [-0.15, -0.1) is 10.2 Å². The molecule has 0 unspecified atom stereocenters. The van der Waals surface area contributed by atoms with Crippen molar-refractivity contribution in [3.05, 3.63) is 45.0 Å². The second-order valence-electron chi connectivity index (χ2n) is 4.38. The number of halogens is 3. The largest absolute Gasteiger partial charge is 0.275 e. The molecule has 0 spiro atoms. The zero-order chi connectivity index (χ0) is 14.4. The van der Waals surface area contributed by atoms with Gasteiger partial charge in [0.2, 0.25) is 0 Å². The van der Waals surface area contributed by atoms with Crippen molar-refractivity contribution in [2.75, 3.05) is 0 Å². The molecule has 0 atom stereocenters. The molecule has 2 heterocycles. The van der Waals surface area contributed by atoms with Crippen LogP contribution in [-0.2, 0) is 0 Å². The van der Waals surface area contributed by atoms with E-state index in [4.69, 9.17) is 11.6 Å². The molecular weight excluding hydrogens is 347 g/mol. The van der Waals surface area contributed by atoms with E-state index in [2.05, 4.69) is 31.1 Å². The van der Waals surface area contributed by atoms with E-state index in [1.807, 2.05) is 13.8 Å². The molecule has 3 rings (SSSR count). The third-order valence-corrected chi connectivity index (χ3v) is 3.89. The molecule has 0 radical (unpaired) electrons. The van der Waals surface area contributed by atoms with Gasteiger partial charge >= 0.3 is 0 Å². The first kappa shape index (κ1) is 13.5. The Morgan fingerprint density at radius 2 is 2.00 bits per heavy atom. The summed E-state index contributed by atoms with van der Waals surface area (Å²) in [5.74, 6) is 0.0357. The molecule has 2 aromatic heterocycles. The van der Waals surface area contributed by atoms with Crippen molar-refractivity contribution in [3.63, 3.8) is 0 Å². The van der Waals surface area contributed by atoms with Crippen LogP contribution in [0.1, 0.15) is 11.4 Å². The lowest BCUT2D eigenvalue weighted by atomic mass is 10.2. The molecule has 3 aromatic rings. The summed E-state index contributed by atoms with van der Waals surface area (Å²) in [6.07, 6.45) is 0. The third-order valence-electron chi connectivity index (χ3n) is 3.14. The predicted molar refractivity (Wildman–Crippen MR) is 78.4 cm³/mol. The Bertz CT molecular complexity index is 831. The van der Waals surface area contributed by atoms with Crippen molar-refractivity contribution in [1.29, 1.82) is 0 Å². The van der Waals surface area contributed by atoms with Gasteiger partial charge in [-0.2, -0.15) is 0 Å². The number of aryl methyl sites for hydroxylation is 2. The molecule has 0 N–H and O–H groups in total. The molecule has 0 saturated carbocycles. The standard InChI is InChI=1S/C13H9BrClFN4/c1-6-7(2)20-12(18-19-13(20)11(15)17-6)9-4-3-8(14)5-10(9)16/h3-5H,1-2H3. The van der Waals surface area contributed by atoms with Crippen LogP contribution in [0.4, 0.5) is 4.39 Å². The first-order chi connectivity index (χ1) is 9.49. The summed E-state index contributed by atoms with van der Waals surface area (Å²) >= 11 is 9.30. The van der Waals surface area contributed by atoms with E-state index in [1.54, 1.807) is 16.5 Å². The lowest BCUT2D eigenvalue weighted by Crippen LogP contribution is -2.01. The molecular formula is C13H9BrClFN4. The van der Waals surface area contributed by atoms with E-state index in [9.17, 15) is 4.39 Å². The molecule has 102 valence electrons. The van der Waals surface area contributed by atoms with Gasteiger partial charge in [0.15, 0.2) is 16.6 Å². The van der Waals surface area contributed by atoms with Crippen molar-refractivity contribution < 1.29 is 4.39 Å². The van der Waals surface area contributed by atoms with E-state index < -0.39 is 0 Å². The minimum Gasteiger partial charge on any atom is -0.275 e. The predicted octanol–water partition coefficient (Wildman–Crippen LogP) is 3.96. The van der Waals surface area contributed by atoms with E-state index in [-0.39, 0.29) is 11.0 Å². The minimum atomic E-state index is -0.376. The molecule has 20 heavy (non-hydrogen) atoms. The number of benzene rings is 1. The van der Waals surface area contributed by atoms with Crippen LogP contribution in [-0.4, -0.2) is 19.6 Å². The molecule has 0 aliphatic carbocycles. The fraction of sp³-hybridized carbons (Fsp3) is 0.154. The number of rotatable bonds is 1. The van der Waals surface area contributed by atoms with Gasteiger partial charge in [0.25, 0.3) is 0 Å². The molecule has 0 fully saturated rings. The van der Waals surface area contributed by atoms with Crippen LogP contribution in [0.5, 0.6) is 0 Å². The van der Waals surface area contributed by atoms with E-state index in [0.717, 1.165) is 11.4 Å². The molecule has 4 nitrogen and oxygen atoms in total. The van der Waals surface area contributed by atoms with Gasteiger partial charge in [-0.05, 0) is 32.0 Å². The topological polar surface area (TPSA) is 43.1 Å². The van der Waals surface area contributed by atoms with Crippen LogP contribution in [0, 0.1) is 19.7 Å². The fourth-order valence-electron chi connectivity index (χ4n) is 2.02. The Balaban J connectivity index is 2.38. The first-order valence-electron chi connectivity index (χ1n) is 5.82. The SMILES string of the molecule is Cc1nc(Cl)c2nnc(-c3ccc(Br)cc3F)n2c1C. The van der Waals surface area contributed by atoms with Crippen LogP contribution in [0.3, 0.4) is 0 Å². The van der Waals surface area contributed by atoms with Crippen LogP contribution >= 0.6 is 27.5 Å². The minimum absolute atomic E-state index is 0.254. The summed E-state index contributed by atoms with van der Waals surface area (Å²) in [7, 11) is 0. The van der Waals surface area contributed by atoms with Gasteiger partial charge in [-0.3, -0.25) is 4.40 Å². The molecule has 0 aliphatic heterocycles. The maximum Gasteiger partial charge on any atom is 0.199 e. The molecule has 0 saturated heterocycles. The van der Waals surface area contributed by atoms with Gasteiger partial charge in [0.1, 0.15) is 5.82 Å². The van der Waals surface area contributed by atoms with Crippen molar-refractivity contribution in [1.82, 2.24) is 19.6 Å². The summed E-state index contributed by atoms with van der Waals surface area (Å²) in [5, 5.41) is 8.31. The Hall–Kier alpha value is -1.53. The molecule has 7 heteroatoms. The average molecular weight is 356 g/mol. The van der Waals surface area contributed by atoms with Crippen LogP contribution in [0.15, 0.2) is 22.7 Å². The highest BCUT2D eigenvalue weighted by Gasteiger charge is 2.17. The van der Waals surface area contributed by atoms with Gasteiger partial charge < -0.3 is 0 Å². The lowest BCUT2D eigenvalue weighted by Gasteiger charge is -2.08.